The van der Waals surface area contributed by atoms with Crippen LogP contribution in [0, 0.1) is 0 Å². The van der Waals surface area contributed by atoms with Gasteiger partial charge in [-0.3, -0.25) is 0 Å². The van der Waals surface area contributed by atoms with Crippen LogP contribution in [0.4, 0.5) is 8.78 Å². The second kappa shape index (κ2) is 2.67. The first-order valence-electron chi connectivity index (χ1n) is 4.02. The van der Waals surface area contributed by atoms with Crippen LogP contribution >= 0.6 is 15.9 Å². The van der Waals surface area contributed by atoms with Crippen LogP contribution in [-0.2, 0) is 5.54 Å². The number of hydrogen-bond acceptors (Lipinski definition) is 2. The van der Waals surface area contributed by atoms with Crippen LogP contribution in [-0.4, -0.2) is 11.0 Å². The van der Waals surface area contributed by atoms with Crippen LogP contribution in [0.3, 0.4) is 0 Å². The number of benzene rings is 1. The van der Waals surface area contributed by atoms with Crippen LogP contribution < -0.4 is 5.73 Å². The van der Waals surface area contributed by atoms with Crippen LogP contribution in [0.1, 0.15) is 12.0 Å². The second-order valence-electron chi connectivity index (χ2n) is 3.52. The molecule has 0 bridgehead atoms. The molecule has 76 valence electrons. The fraction of sp³-hybridized carbons (Fsp3) is 0.333. The van der Waals surface area contributed by atoms with Crippen LogP contribution in [0.15, 0.2) is 22.7 Å². The molecule has 0 aliphatic heterocycles. The standard InChI is InChI=1S/C9H8BrF2NO/c10-6-3-5(1-2-7(6)14)8(13)4-9(8,11)12/h1-3,14H,4,13H2. The molecular weight excluding hydrogens is 256 g/mol. The SMILES string of the molecule is NC1(c2ccc(O)c(Br)c2)CC1(F)F. The Labute approximate surface area is 87.9 Å². The molecule has 1 aromatic rings. The molecule has 5 heteroatoms. The molecule has 1 aliphatic carbocycles. The van der Waals surface area contributed by atoms with Gasteiger partial charge < -0.3 is 10.8 Å². The third-order valence-electron chi connectivity index (χ3n) is 2.49. The summed E-state index contributed by atoms with van der Waals surface area (Å²) in [7, 11) is 0. The van der Waals surface area contributed by atoms with Crippen molar-refractivity contribution in [3.05, 3.63) is 28.2 Å². The Morgan fingerprint density at radius 2 is 2.00 bits per heavy atom. The number of alkyl halides is 2. The van der Waals surface area contributed by atoms with Gasteiger partial charge in [-0.1, -0.05) is 6.07 Å². The monoisotopic (exact) mass is 263 g/mol. The second-order valence-corrected chi connectivity index (χ2v) is 4.37. The normalized spacial score (nSPS) is 28.9. The van der Waals surface area contributed by atoms with Crippen molar-refractivity contribution in [2.45, 2.75) is 17.9 Å². The molecule has 0 spiro atoms. The van der Waals surface area contributed by atoms with Gasteiger partial charge >= 0.3 is 0 Å². The van der Waals surface area contributed by atoms with Gasteiger partial charge in [-0.05, 0) is 33.6 Å². The van der Waals surface area contributed by atoms with Gasteiger partial charge in [0.2, 0.25) is 0 Å². The summed E-state index contributed by atoms with van der Waals surface area (Å²) in [5, 5.41) is 9.18. The minimum Gasteiger partial charge on any atom is -0.507 e. The number of rotatable bonds is 1. The van der Waals surface area contributed by atoms with Crippen molar-refractivity contribution in [3.63, 3.8) is 0 Å². The molecule has 1 aromatic carbocycles. The van der Waals surface area contributed by atoms with Crippen LogP contribution in [0.5, 0.6) is 5.75 Å². The lowest BCUT2D eigenvalue weighted by Crippen LogP contribution is -2.26. The Kier molecular flexibility index (Phi) is 1.88. The first-order valence-corrected chi connectivity index (χ1v) is 4.82. The van der Waals surface area contributed by atoms with E-state index in [1.54, 1.807) is 0 Å². The summed E-state index contributed by atoms with van der Waals surface area (Å²) in [5.41, 5.74) is 4.30. The molecular formula is C9H8BrF2NO. The molecule has 1 unspecified atom stereocenters. The number of phenols is 1. The summed E-state index contributed by atoms with van der Waals surface area (Å²) in [5.74, 6) is -2.81. The number of nitrogens with two attached hydrogens (primary N) is 1. The zero-order chi connectivity index (χ0) is 10.6. The average molecular weight is 264 g/mol. The van der Waals surface area contributed by atoms with Gasteiger partial charge in [0.15, 0.2) is 0 Å². The zero-order valence-corrected chi connectivity index (χ0v) is 8.68. The number of hydrogen-bond donors (Lipinski definition) is 2. The Bertz CT molecular complexity index is 396. The molecule has 1 atom stereocenters. The van der Waals surface area contributed by atoms with E-state index in [4.69, 9.17) is 5.73 Å². The lowest BCUT2D eigenvalue weighted by molar-refractivity contribution is 0.0891. The van der Waals surface area contributed by atoms with Crippen molar-refractivity contribution in [1.82, 2.24) is 0 Å². The van der Waals surface area contributed by atoms with Gasteiger partial charge in [-0.15, -0.1) is 0 Å². The molecule has 0 radical (unpaired) electrons. The van der Waals surface area contributed by atoms with Crippen molar-refractivity contribution in [2.75, 3.05) is 0 Å². The van der Waals surface area contributed by atoms with Gasteiger partial charge in [0.05, 0.1) is 4.47 Å². The van der Waals surface area contributed by atoms with E-state index < -0.39 is 11.5 Å². The molecule has 1 aliphatic rings. The zero-order valence-electron chi connectivity index (χ0n) is 7.10. The lowest BCUT2D eigenvalue weighted by atomic mass is 10.1. The van der Waals surface area contributed by atoms with Gasteiger partial charge in [-0.2, -0.15) is 0 Å². The molecule has 2 rings (SSSR count). The number of aromatic hydroxyl groups is 1. The highest BCUT2D eigenvalue weighted by molar-refractivity contribution is 9.10. The Morgan fingerprint density at radius 3 is 2.43 bits per heavy atom. The van der Waals surface area contributed by atoms with Crippen LogP contribution in [0.25, 0.3) is 0 Å². The minimum absolute atomic E-state index is 0.0151. The summed E-state index contributed by atoms with van der Waals surface area (Å²) in [6, 6.07) is 4.19. The molecule has 2 nitrogen and oxygen atoms in total. The van der Waals surface area contributed by atoms with Crippen molar-refractivity contribution in [2.24, 2.45) is 5.73 Å². The summed E-state index contributed by atoms with van der Waals surface area (Å²) in [6.07, 6.45) is -0.336. The van der Waals surface area contributed by atoms with Crippen LogP contribution in [0.2, 0.25) is 0 Å². The van der Waals surface area contributed by atoms with E-state index in [2.05, 4.69) is 15.9 Å². The van der Waals surface area contributed by atoms with Gasteiger partial charge in [-0.25, -0.2) is 8.78 Å². The molecule has 14 heavy (non-hydrogen) atoms. The third-order valence-corrected chi connectivity index (χ3v) is 3.13. The highest BCUT2D eigenvalue weighted by Crippen LogP contribution is 2.57. The van der Waals surface area contributed by atoms with Crippen molar-refractivity contribution >= 4 is 15.9 Å². The Morgan fingerprint density at radius 1 is 1.43 bits per heavy atom. The average Bonchev–Trinajstić information content (AvgIpc) is 2.58. The predicted molar refractivity (Wildman–Crippen MR) is 51.2 cm³/mol. The molecule has 0 aromatic heterocycles. The van der Waals surface area contributed by atoms with E-state index in [9.17, 15) is 13.9 Å². The maximum atomic E-state index is 12.9. The van der Waals surface area contributed by atoms with E-state index in [-0.39, 0.29) is 12.2 Å². The summed E-state index contributed by atoms with van der Waals surface area (Å²) in [4.78, 5) is 0. The lowest BCUT2D eigenvalue weighted by Gasteiger charge is -2.11. The molecule has 1 fully saturated rings. The fourth-order valence-electron chi connectivity index (χ4n) is 1.40. The number of phenolic OH excluding ortho intramolecular Hbond substituents is 1. The summed E-state index contributed by atoms with van der Waals surface area (Å²) >= 11 is 3.05. The molecule has 0 heterocycles. The topological polar surface area (TPSA) is 46.2 Å². The van der Waals surface area contributed by atoms with Crippen molar-refractivity contribution in [3.8, 4) is 5.75 Å². The quantitative estimate of drug-likeness (QED) is 0.817. The van der Waals surface area contributed by atoms with Gasteiger partial charge in [0, 0.05) is 6.42 Å². The summed E-state index contributed by atoms with van der Waals surface area (Å²) < 4.78 is 26.2. The van der Waals surface area contributed by atoms with Crippen molar-refractivity contribution < 1.29 is 13.9 Å². The molecule has 0 saturated heterocycles. The molecule has 3 N–H and O–H groups in total. The van der Waals surface area contributed by atoms with E-state index in [1.807, 2.05) is 0 Å². The largest absolute Gasteiger partial charge is 0.507 e. The maximum absolute atomic E-state index is 12.9. The van der Waals surface area contributed by atoms with Crippen molar-refractivity contribution in [1.29, 1.82) is 0 Å². The van der Waals surface area contributed by atoms with Gasteiger partial charge in [0.1, 0.15) is 11.3 Å². The van der Waals surface area contributed by atoms with E-state index in [1.165, 1.54) is 18.2 Å². The first kappa shape index (κ1) is 9.86. The third kappa shape index (κ3) is 1.23. The van der Waals surface area contributed by atoms with Gasteiger partial charge in [0.25, 0.3) is 5.92 Å². The molecule has 1 saturated carbocycles. The van der Waals surface area contributed by atoms with E-state index in [0.717, 1.165) is 0 Å². The smallest absolute Gasteiger partial charge is 0.272 e. The summed E-state index contributed by atoms with van der Waals surface area (Å²) in [6.45, 7) is 0. The highest BCUT2D eigenvalue weighted by atomic mass is 79.9. The number of halogens is 3. The van der Waals surface area contributed by atoms with E-state index >= 15 is 0 Å². The predicted octanol–water partition coefficient (Wildman–Crippen LogP) is 2.35. The maximum Gasteiger partial charge on any atom is 0.272 e. The Hall–Kier alpha value is -0.680. The fourth-order valence-corrected chi connectivity index (χ4v) is 1.78. The minimum atomic E-state index is -2.83. The Balaban J connectivity index is 2.40. The molecule has 0 amide bonds. The first-order chi connectivity index (χ1) is 6.37. The highest BCUT2D eigenvalue weighted by Gasteiger charge is 2.69. The van der Waals surface area contributed by atoms with E-state index in [0.29, 0.717) is 10.0 Å².